The fraction of sp³-hybridized carbons (Fsp3) is 0.208. The minimum absolute atomic E-state index is 0.313. The number of ether oxygens (including phenoxy) is 2. The van der Waals surface area contributed by atoms with E-state index in [2.05, 4.69) is 35.0 Å². The topological polar surface area (TPSA) is 40.5 Å². The summed E-state index contributed by atoms with van der Waals surface area (Å²) < 4.78 is 13.8. The molecule has 29 heavy (non-hydrogen) atoms. The molecule has 0 fully saturated rings. The van der Waals surface area contributed by atoms with E-state index in [0.717, 1.165) is 55.1 Å². The Morgan fingerprint density at radius 3 is 2.45 bits per heavy atom. The molecule has 0 bridgehead atoms. The Hall–Kier alpha value is -2.79. The van der Waals surface area contributed by atoms with Crippen LogP contribution in [0, 0.1) is 0 Å². The largest absolute Gasteiger partial charge is 0.496 e. The number of aromatic nitrogens is 1. The summed E-state index contributed by atoms with van der Waals surface area (Å²) in [4.78, 5) is 13.1. The predicted molar refractivity (Wildman–Crippen MR) is 121 cm³/mol. The summed E-state index contributed by atoms with van der Waals surface area (Å²) in [5, 5.41) is 1.93. The van der Waals surface area contributed by atoms with Gasteiger partial charge in [-0.15, -0.1) is 0 Å². The van der Waals surface area contributed by atoms with E-state index in [1.807, 2.05) is 49.4 Å². The van der Waals surface area contributed by atoms with E-state index in [1.54, 1.807) is 11.7 Å². The number of hydrogen-bond donors (Lipinski definition) is 0. The number of fused-ring (bicyclic) bond motifs is 3. The second kappa shape index (κ2) is 7.91. The van der Waals surface area contributed by atoms with Crippen LogP contribution in [0.25, 0.3) is 32.9 Å². The number of hydrogen-bond acceptors (Lipinski definition) is 3. The number of carbonyl (C=O) groups excluding carboxylic acids is 1. The van der Waals surface area contributed by atoms with E-state index in [1.165, 1.54) is 0 Å². The Bertz CT molecular complexity index is 1210. The summed E-state index contributed by atoms with van der Waals surface area (Å²) in [7, 11) is 1.69. The van der Waals surface area contributed by atoms with Crippen molar-refractivity contribution >= 4 is 43.8 Å². The minimum atomic E-state index is -0.376. The van der Waals surface area contributed by atoms with E-state index < -0.39 is 0 Å². The van der Waals surface area contributed by atoms with Crippen molar-refractivity contribution in [2.75, 3.05) is 13.7 Å². The van der Waals surface area contributed by atoms with Crippen molar-refractivity contribution in [1.29, 1.82) is 0 Å². The smallest absolute Gasteiger partial charge is 0.418 e. The fourth-order valence-corrected chi connectivity index (χ4v) is 4.35. The molecule has 0 amide bonds. The van der Waals surface area contributed by atoms with Crippen molar-refractivity contribution in [3.8, 4) is 16.9 Å². The maximum Gasteiger partial charge on any atom is 0.418 e. The first-order chi connectivity index (χ1) is 14.1. The van der Waals surface area contributed by atoms with Gasteiger partial charge in [0.25, 0.3) is 0 Å². The molecule has 4 rings (SSSR count). The zero-order chi connectivity index (χ0) is 20.5. The van der Waals surface area contributed by atoms with Gasteiger partial charge in [0.05, 0.1) is 24.8 Å². The van der Waals surface area contributed by atoms with Gasteiger partial charge in [-0.05, 0) is 43.2 Å². The van der Waals surface area contributed by atoms with E-state index in [0.29, 0.717) is 6.61 Å². The van der Waals surface area contributed by atoms with Gasteiger partial charge >= 0.3 is 6.09 Å². The SMILES string of the molecule is CCOC(=O)n1c2ccc(Br)cc2c2cc(OC)c(CC)c(-c3ccccc3)c21. The van der Waals surface area contributed by atoms with Crippen LogP contribution in [0.5, 0.6) is 5.75 Å². The van der Waals surface area contributed by atoms with E-state index >= 15 is 0 Å². The Kier molecular flexibility index (Phi) is 5.33. The first kappa shape index (κ1) is 19.5. The molecule has 0 spiro atoms. The van der Waals surface area contributed by atoms with Crippen molar-refractivity contribution in [2.45, 2.75) is 20.3 Å². The van der Waals surface area contributed by atoms with Crippen molar-refractivity contribution in [2.24, 2.45) is 0 Å². The van der Waals surface area contributed by atoms with Crippen molar-refractivity contribution in [1.82, 2.24) is 4.57 Å². The van der Waals surface area contributed by atoms with Crippen LogP contribution in [0.15, 0.2) is 59.1 Å². The third-order valence-electron chi connectivity index (χ3n) is 5.17. The summed E-state index contributed by atoms with van der Waals surface area (Å²) >= 11 is 3.57. The predicted octanol–water partition coefficient (Wildman–Crippen LogP) is 6.80. The highest BCUT2D eigenvalue weighted by Gasteiger charge is 2.24. The van der Waals surface area contributed by atoms with Gasteiger partial charge in [-0.3, -0.25) is 0 Å². The van der Waals surface area contributed by atoms with Gasteiger partial charge in [0, 0.05) is 26.4 Å². The van der Waals surface area contributed by atoms with Gasteiger partial charge < -0.3 is 9.47 Å². The lowest BCUT2D eigenvalue weighted by Crippen LogP contribution is -2.14. The molecule has 0 aliphatic carbocycles. The van der Waals surface area contributed by atoms with Crippen LogP contribution in [-0.4, -0.2) is 24.4 Å². The van der Waals surface area contributed by atoms with Gasteiger partial charge in [-0.1, -0.05) is 53.2 Å². The van der Waals surface area contributed by atoms with Crippen molar-refractivity contribution < 1.29 is 14.3 Å². The number of methoxy groups -OCH3 is 1. The highest BCUT2D eigenvalue weighted by Crippen LogP contribution is 2.43. The highest BCUT2D eigenvalue weighted by atomic mass is 79.9. The molecule has 5 heteroatoms. The molecule has 0 atom stereocenters. The molecule has 148 valence electrons. The number of carbonyl (C=O) groups is 1. The summed E-state index contributed by atoms with van der Waals surface area (Å²) in [5.74, 6) is 0.821. The third kappa shape index (κ3) is 3.19. The second-order valence-corrected chi connectivity index (χ2v) is 7.66. The van der Waals surface area contributed by atoms with Gasteiger partial charge in [0.15, 0.2) is 0 Å². The second-order valence-electron chi connectivity index (χ2n) is 6.74. The Labute approximate surface area is 178 Å². The number of benzene rings is 3. The van der Waals surface area contributed by atoms with Crippen LogP contribution in [-0.2, 0) is 11.2 Å². The van der Waals surface area contributed by atoms with Gasteiger partial charge in [0.1, 0.15) is 5.75 Å². The molecule has 1 aromatic heterocycles. The van der Waals surface area contributed by atoms with Crippen molar-refractivity contribution in [3.63, 3.8) is 0 Å². The Morgan fingerprint density at radius 2 is 1.79 bits per heavy atom. The highest BCUT2D eigenvalue weighted by molar-refractivity contribution is 9.10. The normalized spacial score (nSPS) is 11.2. The molecule has 0 aliphatic rings. The average molecular weight is 452 g/mol. The molecule has 4 aromatic rings. The molecule has 0 unspecified atom stereocenters. The first-order valence-corrected chi connectivity index (χ1v) is 10.5. The number of rotatable bonds is 4. The van der Waals surface area contributed by atoms with E-state index in [9.17, 15) is 4.79 Å². The van der Waals surface area contributed by atoms with Crippen LogP contribution in [0.4, 0.5) is 4.79 Å². The van der Waals surface area contributed by atoms with Crippen molar-refractivity contribution in [3.05, 3.63) is 64.6 Å². The molecule has 1 heterocycles. The van der Waals surface area contributed by atoms with Gasteiger partial charge in [0.2, 0.25) is 0 Å². The summed E-state index contributed by atoms with van der Waals surface area (Å²) in [6, 6.07) is 18.1. The zero-order valence-electron chi connectivity index (χ0n) is 16.7. The molecule has 0 aliphatic heterocycles. The van der Waals surface area contributed by atoms with E-state index in [-0.39, 0.29) is 6.09 Å². The lowest BCUT2D eigenvalue weighted by molar-refractivity contribution is 0.156. The summed E-state index contributed by atoms with van der Waals surface area (Å²) in [5.41, 5.74) is 4.77. The molecule has 0 saturated heterocycles. The maximum atomic E-state index is 13.1. The minimum Gasteiger partial charge on any atom is -0.496 e. The molecule has 4 nitrogen and oxygen atoms in total. The average Bonchev–Trinajstić information content (AvgIpc) is 3.06. The van der Waals surface area contributed by atoms with Crippen LogP contribution in [0.3, 0.4) is 0 Å². The first-order valence-electron chi connectivity index (χ1n) is 9.66. The number of nitrogens with zero attached hydrogens (tertiary/aromatic N) is 1. The lowest BCUT2D eigenvalue weighted by Gasteiger charge is -2.17. The summed E-state index contributed by atoms with van der Waals surface area (Å²) in [6.45, 7) is 4.24. The number of halogens is 1. The van der Waals surface area contributed by atoms with Gasteiger partial charge in [-0.25, -0.2) is 9.36 Å². The molecule has 0 saturated carbocycles. The van der Waals surface area contributed by atoms with Crippen LogP contribution in [0.2, 0.25) is 0 Å². The molecule has 0 radical (unpaired) electrons. The zero-order valence-corrected chi connectivity index (χ0v) is 18.2. The van der Waals surface area contributed by atoms with Crippen LogP contribution < -0.4 is 4.74 Å². The monoisotopic (exact) mass is 451 g/mol. The Morgan fingerprint density at radius 1 is 1.03 bits per heavy atom. The summed E-state index contributed by atoms with van der Waals surface area (Å²) in [6.07, 6.45) is 0.399. The maximum absolute atomic E-state index is 13.1. The molecule has 0 N–H and O–H groups in total. The third-order valence-corrected chi connectivity index (χ3v) is 5.66. The Balaban J connectivity index is 2.27. The standard InChI is InChI=1S/C24H22BrNO3/c1-4-17-21(28-3)14-19-18-13-16(25)11-12-20(18)26(24(27)29-5-2)23(19)22(17)15-9-7-6-8-10-15/h6-14H,4-5H2,1-3H3. The van der Waals surface area contributed by atoms with Crippen LogP contribution in [0.1, 0.15) is 19.4 Å². The van der Waals surface area contributed by atoms with Crippen LogP contribution >= 0.6 is 15.9 Å². The molecular weight excluding hydrogens is 430 g/mol. The van der Waals surface area contributed by atoms with Gasteiger partial charge in [-0.2, -0.15) is 0 Å². The quantitative estimate of drug-likeness (QED) is 0.342. The molecule has 3 aromatic carbocycles. The lowest BCUT2D eigenvalue weighted by atomic mass is 9.94. The fourth-order valence-electron chi connectivity index (χ4n) is 3.99. The van der Waals surface area contributed by atoms with E-state index in [4.69, 9.17) is 9.47 Å². The molecular formula is C24H22BrNO3.